The summed E-state index contributed by atoms with van der Waals surface area (Å²) < 4.78 is 0. The molecule has 0 spiro atoms. The highest BCUT2D eigenvalue weighted by atomic mass is 32.2. The molecule has 86 valence electrons. The lowest BCUT2D eigenvalue weighted by Crippen LogP contribution is -2.29. The minimum Gasteiger partial charge on any atom is -0.374 e. The minimum atomic E-state index is 0.551. The first-order valence-corrected chi connectivity index (χ1v) is 7.11. The van der Waals surface area contributed by atoms with Crippen molar-refractivity contribution in [2.24, 2.45) is 0 Å². The van der Waals surface area contributed by atoms with Gasteiger partial charge in [-0.1, -0.05) is 11.3 Å². The Morgan fingerprint density at radius 2 is 2.27 bits per heavy atom. The Labute approximate surface area is 99.3 Å². The Balaban J connectivity index is 2.37. The lowest BCUT2D eigenvalue weighted by Gasteiger charge is -2.22. The topological polar surface area (TPSA) is 55.0 Å². The van der Waals surface area contributed by atoms with Crippen LogP contribution in [0.4, 0.5) is 5.13 Å². The Morgan fingerprint density at radius 3 is 2.80 bits per heavy atom. The zero-order valence-electron chi connectivity index (χ0n) is 9.43. The molecule has 0 saturated heterocycles. The number of rotatable bonds is 6. The Morgan fingerprint density at radius 1 is 1.53 bits per heavy atom. The van der Waals surface area contributed by atoms with Crippen LogP contribution in [-0.4, -0.2) is 40.2 Å². The van der Waals surface area contributed by atoms with Crippen molar-refractivity contribution in [3.8, 4) is 0 Å². The van der Waals surface area contributed by atoms with E-state index in [2.05, 4.69) is 35.3 Å². The summed E-state index contributed by atoms with van der Waals surface area (Å²) in [5.74, 6) is 1.20. The maximum absolute atomic E-state index is 5.53. The molecule has 0 saturated carbocycles. The first-order chi connectivity index (χ1) is 7.13. The summed E-state index contributed by atoms with van der Waals surface area (Å²) in [6.07, 6.45) is 3.34. The zero-order chi connectivity index (χ0) is 11.3. The molecule has 1 aromatic heterocycles. The number of anilines is 1. The molecule has 15 heavy (non-hydrogen) atoms. The number of thioether (sulfide) groups is 1. The standard InChI is InChI=1S/C9H18N4S2/c1-7(4-5-14-3)13(2)6-8-11-12-9(10)15-8/h7H,4-6H2,1-3H3,(H2,10,12). The normalized spacial score (nSPS) is 13.3. The number of nitrogens with zero attached hydrogens (tertiary/aromatic N) is 3. The number of hydrogen-bond donors (Lipinski definition) is 1. The van der Waals surface area contributed by atoms with E-state index in [1.54, 1.807) is 0 Å². The summed E-state index contributed by atoms with van der Waals surface area (Å²) in [4.78, 5) is 2.29. The van der Waals surface area contributed by atoms with Gasteiger partial charge in [-0.15, -0.1) is 10.2 Å². The van der Waals surface area contributed by atoms with Gasteiger partial charge in [0.15, 0.2) is 0 Å². The van der Waals surface area contributed by atoms with E-state index in [9.17, 15) is 0 Å². The molecule has 6 heteroatoms. The van der Waals surface area contributed by atoms with Crippen LogP contribution in [-0.2, 0) is 6.54 Å². The quantitative estimate of drug-likeness (QED) is 0.828. The molecule has 0 aliphatic heterocycles. The van der Waals surface area contributed by atoms with Gasteiger partial charge in [-0.3, -0.25) is 4.90 Å². The van der Waals surface area contributed by atoms with E-state index >= 15 is 0 Å². The van der Waals surface area contributed by atoms with Gasteiger partial charge in [-0.05, 0) is 32.4 Å². The average molecular weight is 246 g/mol. The second-order valence-electron chi connectivity index (χ2n) is 3.58. The van der Waals surface area contributed by atoms with Gasteiger partial charge in [0.05, 0.1) is 6.54 Å². The fourth-order valence-electron chi connectivity index (χ4n) is 1.21. The fourth-order valence-corrected chi connectivity index (χ4v) is 2.46. The number of nitrogens with two attached hydrogens (primary N) is 1. The van der Waals surface area contributed by atoms with Crippen LogP contribution < -0.4 is 5.73 Å². The first kappa shape index (κ1) is 12.7. The lowest BCUT2D eigenvalue weighted by atomic mass is 10.2. The maximum Gasteiger partial charge on any atom is 0.203 e. The SMILES string of the molecule is CSCCC(C)N(C)Cc1nnc(N)s1. The summed E-state index contributed by atoms with van der Waals surface area (Å²) in [6, 6.07) is 0.572. The number of aromatic nitrogens is 2. The molecule has 0 fully saturated rings. The van der Waals surface area contributed by atoms with Gasteiger partial charge >= 0.3 is 0 Å². The molecule has 0 aliphatic rings. The first-order valence-electron chi connectivity index (χ1n) is 4.90. The summed E-state index contributed by atoms with van der Waals surface area (Å²) >= 11 is 3.35. The highest BCUT2D eigenvalue weighted by Gasteiger charge is 2.11. The van der Waals surface area contributed by atoms with Crippen LogP contribution in [0, 0.1) is 0 Å². The monoisotopic (exact) mass is 246 g/mol. The van der Waals surface area contributed by atoms with Crippen molar-refractivity contribution in [3.63, 3.8) is 0 Å². The van der Waals surface area contributed by atoms with Gasteiger partial charge in [0.25, 0.3) is 0 Å². The van der Waals surface area contributed by atoms with Crippen molar-refractivity contribution in [1.29, 1.82) is 0 Å². The summed E-state index contributed by atoms with van der Waals surface area (Å²) in [6.45, 7) is 3.07. The molecular formula is C9H18N4S2. The van der Waals surface area contributed by atoms with Crippen molar-refractivity contribution in [3.05, 3.63) is 5.01 Å². The van der Waals surface area contributed by atoms with E-state index in [1.165, 1.54) is 23.5 Å². The summed E-state index contributed by atoms with van der Waals surface area (Å²) in [5.41, 5.74) is 5.53. The Bertz CT molecular complexity index is 289. The van der Waals surface area contributed by atoms with Crippen molar-refractivity contribution < 1.29 is 0 Å². The lowest BCUT2D eigenvalue weighted by molar-refractivity contribution is 0.244. The Hall–Kier alpha value is -0.330. The van der Waals surface area contributed by atoms with Crippen LogP contribution >= 0.6 is 23.1 Å². The van der Waals surface area contributed by atoms with Crippen LogP contribution in [0.3, 0.4) is 0 Å². The Kier molecular flexibility index (Phi) is 5.35. The summed E-state index contributed by atoms with van der Waals surface area (Å²) in [7, 11) is 2.11. The number of hydrogen-bond acceptors (Lipinski definition) is 6. The molecule has 1 atom stereocenters. The van der Waals surface area contributed by atoms with E-state index in [1.807, 2.05) is 11.8 Å². The molecule has 1 aromatic rings. The van der Waals surface area contributed by atoms with Crippen molar-refractivity contribution in [2.45, 2.75) is 25.9 Å². The van der Waals surface area contributed by atoms with Crippen LogP contribution in [0.15, 0.2) is 0 Å². The van der Waals surface area contributed by atoms with E-state index < -0.39 is 0 Å². The van der Waals surface area contributed by atoms with Crippen molar-refractivity contribution in [2.75, 3.05) is 24.8 Å². The molecule has 0 radical (unpaired) electrons. The third kappa shape index (κ3) is 4.36. The van der Waals surface area contributed by atoms with Gasteiger partial charge in [0.2, 0.25) is 5.13 Å². The van der Waals surface area contributed by atoms with Gasteiger partial charge < -0.3 is 5.73 Å². The highest BCUT2D eigenvalue weighted by Crippen LogP contribution is 2.15. The highest BCUT2D eigenvalue weighted by molar-refractivity contribution is 7.98. The molecule has 0 aliphatic carbocycles. The van der Waals surface area contributed by atoms with Gasteiger partial charge in [-0.2, -0.15) is 11.8 Å². The van der Waals surface area contributed by atoms with Crippen LogP contribution in [0.1, 0.15) is 18.4 Å². The summed E-state index contributed by atoms with van der Waals surface area (Å²) in [5, 5.41) is 9.36. The number of nitrogen functional groups attached to an aromatic ring is 1. The van der Waals surface area contributed by atoms with Crippen LogP contribution in [0.2, 0.25) is 0 Å². The molecule has 1 rings (SSSR count). The predicted molar refractivity (Wildman–Crippen MR) is 68.2 cm³/mol. The van der Waals surface area contributed by atoms with Crippen molar-refractivity contribution in [1.82, 2.24) is 15.1 Å². The predicted octanol–water partition coefficient (Wildman–Crippen LogP) is 1.69. The van der Waals surface area contributed by atoms with E-state index in [-0.39, 0.29) is 0 Å². The average Bonchev–Trinajstić information content (AvgIpc) is 2.60. The van der Waals surface area contributed by atoms with Gasteiger partial charge in [-0.25, -0.2) is 0 Å². The second-order valence-corrected chi connectivity index (χ2v) is 5.66. The fraction of sp³-hybridized carbons (Fsp3) is 0.778. The zero-order valence-corrected chi connectivity index (χ0v) is 11.1. The molecule has 0 aromatic carbocycles. The van der Waals surface area contributed by atoms with Gasteiger partial charge in [0, 0.05) is 6.04 Å². The molecular weight excluding hydrogens is 228 g/mol. The molecule has 1 unspecified atom stereocenters. The van der Waals surface area contributed by atoms with E-state index in [0.717, 1.165) is 11.6 Å². The largest absolute Gasteiger partial charge is 0.374 e. The molecule has 0 bridgehead atoms. The second kappa shape index (κ2) is 6.30. The van der Waals surface area contributed by atoms with Gasteiger partial charge in [0.1, 0.15) is 5.01 Å². The van der Waals surface area contributed by atoms with Crippen LogP contribution in [0.25, 0.3) is 0 Å². The minimum absolute atomic E-state index is 0.551. The molecule has 4 nitrogen and oxygen atoms in total. The van der Waals surface area contributed by atoms with E-state index in [4.69, 9.17) is 5.73 Å². The molecule has 0 amide bonds. The van der Waals surface area contributed by atoms with E-state index in [0.29, 0.717) is 11.2 Å². The third-order valence-corrected chi connectivity index (χ3v) is 3.74. The molecule has 1 heterocycles. The third-order valence-electron chi connectivity index (χ3n) is 2.36. The maximum atomic E-state index is 5.53. The van der Waals surface area contributed by atoms with Crippen molar-refractivity contribution >= 4 is 28.2 Å². The smallest absolute Gasteiger partial charge is 0.203 e. The van der Waals surface area contributed by atoms with Crippen LogP contribution in [0.5, 0.6) is 0 Å². The molecule has 2 N–H and O–H groups in total.